The van der Waals surface area contributed by atoms with Crippen molar-refractivity contribution in [3.05, 3.63) is 105 Å². The minimum Gasteiger partial charge on any atom is -0.312 e. The van der Waals surface area contributed by atoms with E-state index in [2.05, 4.69) is 10.1 Å². The molecule has 0 bridgehead atoms. The minimum absolute atomic E-state index is 0.0547. The number of carbonyl (C=O) groups excluding carboxylic acids is 1. The number of hydrogen-bond acceptors (Lipinski definition) is 6. The fourth-order valence-corrected chi connectivity index (χ4v) is 2.50. The van der Waals surface area contributed by atoms with Crippen LogP contribution in [0.25, 0.3) is 0 Å². The summed E-state index contributed by atoms with van der Waals surface area (Å²) in [4.78, 5) is 31.6. The van der Waals surface area contributed by atoms with Crippen molar-refractivity contribution < 1.29 is 14.6 Å². The molecule has 1 heterocycles. The molecule has 134 valence electrons. The summed E-state index contributed by atoms with van der Waals surface area (Å²) in [6, 6.07) is 15.6. The number of rotatable bonds is 5. The van der Waals surface area contributed by atoms with Gasteiger partial charge in [-0.1, -0.05) is 28.9 Å². The zero-order valence-corrected chi connectivity index (χ0v) is 14.5. The van der Waals surface area contributed by atoms with Crippen LogP contribution in [0, 0.1) is 10.1 Å². The van der Waals surface area contributed by atoms with Crippen LogP contribution >= 0.6 is 11.6 Å². The largest absolute Gasteiger partial charge is 0.367 e. The van der Waals surface area contributed by atoms with Crippen LogP contribution in [0.15, 0.2) is 78.2 Å². The number of nitrogens with zero attached hydrogens (tertiary/aromatic N) is 3. The van der Waals surface area contributed by atoms with E-state index in [-0.39, 0.29) is 16.3 Å². The van der Waals surface area contributed by atoms with E-state index in [4.69, 9.17) is 16.4 Å². The number of nitro groups is 1. The van der Waals surface area contributed by atoms with Gasteiger partial charge in [-0.3, -0.25) is 15.1 Å². The molecular weight excluding hydrogens is 370 g/mol. The zero-order chi connectivity index (χ0) is 19.2. The Morgan fingerprint density at radius 1 is 1.00 bits per heavy atom. The average Bonchev–Trinajstić information content (AvgIpc) is 2.69. The molecule has 0 aliphatic carbocycles. The number of halogens is 1. The molecule has 0 N–H and O–H groups in total. The van der Waals surface area contributed by atoms with Crippen molar-refractivity contribution in [2.24, 2.45) is 5.16 Å². The van der Waals surface area contributed by atoms with Gasteiger partial charge in [0, 0.05) is 35.7 Å². The third kappa shape index (κ3) is 4.34. The number of oxime groups is 1. The molecule has 2 aromatic carbocycles. The van der Waals surface area contributed by atoms with Gasteiger partial charge in [0.1, 0.15) is 5.71 Å². The van der Waals surface area contributed by atoms with Gasteiger partial charge < -0.3 is 4.84 Å². The van der Waals surface area contributed by atoms with Crippen LogP contribution < -0.4 is 0 Å². The van der Waals surface area contributed by atoms with Crippen molar-refractivity contribution in [1.29, 1.82) is 0 Å². The zero-order valence-electron chi connectivity index (χ0n) is 13.8. The number of non-ortho nitro benzene ring substituents is 1. The predicted octanol–water partition coefficient (Wildman–Crippen LogP) is 4.25. The summed E-state index contributed by atoms with van der Waals surface area (Å²) in [7, 11) is 0. The second-order valence-electron chi connectivity index (χ2n) is 5.34. The molecule has 3 rings (SSSR count). The van der Waals surface area contributed by atoms with Crippen LogP contribution in [0.1, 0.15) is 21.5 Å². The molecule has 0 radical (unpaired) electrons. The molecule has 0 aliphatic rings. The first-order chi connectivity index (χ1) is 13.1. The molecule has 27 heavy (non-hydrogen) atoms. The summed E-state index contributed by atoms with van der Waals surface area (Å²) >= 11 is 5.99. The van der Waals surface area contributed by atoms with Gasteiger partial charge in [0.2, 0.25) is 0 Å². The summed E-state index contributed by atoms with van der Waals surface area (Å²) < 4.78 is 0. The van der Waals surface area contributed by atoms with E-state index in [1.807, 2.05) is 0 Å². The van der Waals surface area contributed by atoms with E-state index >= 15 is 0 Å². The lowest BCUT2D eigenvalue weighted by Gasteiger charge is -2.07. The van der Waals surface area contributed by atoms with Crippen molar-refractivity contribution in [3.63, 3.8) is 0 Å². The number of pyridine rings is 1. The maximum Gasteiger partial charge on any atom is 0.367 e. The normalized spacial score (nSPS) is 11.1. The third-order valence-corrected chi connectivity index (χ3v) is 3.95. The molecule has 3 aromatic rings. The van der Waals surface area contributed by atoms with Crippen LogP contribution in [0.2, 0.25) is 5.02 Å². The van der Waals surface area contributed by atoms with Crippen LogP contribution in [-0.2, 0) is 4.84 Å². The highest BCUT2D eigenvalue weighted by molar-refractivity contribution is 6.33. The quantitative estimate of drug-likeness (QED) is 0.285. The highest BCUT2D eigenvalue weighted by Gasteiger charge is 2.15. The summed E-state index contributed by atoms with van der Waals surface area (Å²) in [5, 5.41) is 15.1. The van der Waals surface area contributed by atoms with Gasteiger partial charge >= 0.3 is 5.97 Å². The first-order valence-electron chi connectivity index (χ1n) is 7.75. The smallest absolute Gasteiger partial charge is 0.312 e. The number of hydrogen-bond donors (Lipinski definition) is 0. The molecule has 0 unspecified atom stereocenters. The average molecular weight is 382 g/mol. The van der Waals surface area contributed by atoms with Crippen molar-refractivity contribution in [2.75, 3.05) is 0 Å². The second kappa shape index (κ2) is 8.20. The molecule has 0 saturated heterocycles. The van der Waals surface area contributed by atoms with Gasteiger partial charge in [0.05, 0.1) is 15.5 Å². The van der Waals surface area contributed by atoms with Crippen LogP contribution in [0.4, 0.5) is 5.69 Å². The van der Waals surface area contributed by atoms with Gasteiger partial charge in [-0.25, -0.2) is 4.79 Å². The Hall–Kier alpha value is -3.58. The topological polar surface area (TPSA) is 94.7 Å². The fraction of sp³-hybridized carbons (Fsp3) is 0. The van der Waals surface area contributed by atoms with E-state index in [9.17, 15) is 14.9 Å². The van der Waals surface area contributed by atoms with E-state index in [1.165, 1.54) is 30.3 Å². The summed E-state index contributed by atoms with van der Waals surface area (Å²) in [6.07, 6.45) is 3.12. The SMILES string of the molecule is O=C(O/N=C(/c1ccncc1)c1ccc([N+](=O)[O-])cc1)c1ccccc1Cl. The monoisotopic (exact) mass is 381 g/mol. The fourth-order valence-electron chi connectivity index (χ4n) is 2.29. The molecule has 0 aliphatic heterocycles. The van der Waals surface area contributed by atoms with Gasteiger partial charge in [-0.05, 0) is 36.4 Å². The first-order valence-corrected chi connectivity index (χ1v) is 8.13. The molecule has 0 saturated carbocycles. The van der Waals surface area contributed by atoms with Crippen molar-refractivity contribution in [2.45, 2.75) is 0 Å². The molecule has 7 nitrogen and oxygen atoms in total. The van der Waals surface area contributed by atoms with Gasteiger partial charge in [-0.2, -0.15) is 0 Å². The van der Waals surface area contributed by atoms with Crippen LogP contribution in [-0.4, -0.2) is 21.6 Å². The summed E-state index contributed by atoms with van der Waals surface area (Å²) in [5.41, 5.74) is 1.62. The molecule has 1 aromatic heterocycles. The van der Waals surface area contributed by atoms with Gasteiger partial charge in [-0.15, -0.1) is 0 Å². The predicted molar refractivity (Wildman–Crippen MR) is 99.8 cm³/mol. The molecule has 0 amide bonds. The summed E-state index contributed by atoms with van der Waals surface area (Å²) in [6.45, 7) is 0. The Bertz CT molecular complexity index is 1000. The van der Waals surface area contributed by atoms with E-state index in [1.54, 1.807) is 42.7 Å². The first kappa shape index (κ1) is 18.2. The third-order valence-electron chi connectivity index (χ3n) is 3.62. The maximum absolute atomic E-state index is 12.3. The Morgan fingerprint density at radius 2 is 1.63 bits per heavy atom. The van der Waals surface area contributed by atoms with Crippen LogP contribution in [0.5, 0.6) is 0 Å². The number of carbonyl (C=O) groups is 1. The van der Waals surface area contributed by atoms with Crippen molar-refractivity contribution in [3.8, 4) is 0 Å². The molecule has 8 heteroatoms. The lowest BCUT2D eigenvalue weighted by atomic mass is 10.0. The molecule has 0 atom stereocenters. The lowest BCUT2D eigenvalue weighted by Crippen LogP contribution is -2.08. The van der Waals surface area contributed by atoms with Crippen LogP contribution in [0.3, 0.4) is 0 Å². The highest BCUT2D eigenvalue weighted by Crippen LogP contribution is 2.18. The molecule has 0 spiro atoms. The highest BCUT2D eigenvalue weighted by atomic mass is 35.5. The van der Waals surface area contributed by atoms with Crippen molar-refractivity contribution in [1.82, 2.24) is 4.98 Å². The number of benzene rings is 2. The van der Waals surface area contributed by atoms with E-state index in [0.717, 1.165) is 0 Å². The minimum atomic E-state index is -0.714. The standard InChI is InChI=1S/C19H12ClN3O4/c20-17-4-2-1-3-16(17)19(24)27-22-18(14-9-11-21-12-10-14)13-5-7-15(8-6-13)23(25)26/h1-12H/b22-18+. The number of nitro benzene ring substituents is 1. The Kier molecular flexibility index (Phi) is 5.53. The molecule has 0 fully saturated rings. The van der Waals surface area contributed by atoms with Gasteiger partial charge in [0.25, 0.3) is 5.69 Å². The van der Waals surface area contributed by atoms with E-state index in [0.29, 0.717) is 16.8 Å². The number of aromatic nitrogens is 1. The Balaban J connectivity index is 1.95. The second-order valence-corrected chi connectivity index (χ2v) is 5.75. The lowest BCUT2D eigenvalue weighted by molar-refractivity contribution is -0.384. The van der Waals surface area contributed by atoms with Gasteiger partial charge in [0.15, 0.2) is 0 Å². The Morgan fingerprint density at radius 3 is 2.26 bits per heavy atom. The maximum atomic E-state index is 12.3. The molecular formula is C19H12ClN3O4. The summed E-state index contributed by atoms with van der Waals surface area (Å²) in [5.74, 6) is -0.714. The van der Waals surface area contributed by atoms with E-state index < -0.39 is 10.9 Å². The van der Waals surface area contributed by atoms with Crippen molar-refractivity contribution >= 4 is 29.0 Å². The Labute approximate surface area is 159 Å².